The molecule has 0 aliphatic carbocycles. The summed E-state index contributed by atoms with van der Waals surface area (Å²) in [5, 5.41) is 9.07. The molecule has 1 rings (SSSR count). The largest absolute Gasteiger partial charge is 0.363 e. The molecule has 7 heteroatoms. The minimum absolute atomic E-state index is 0.00846. The molecule has 0 unspecified atom stereocenters. The molecule has 0 fully saturated rings. The lowest BCUT2D eigenvalue weighted by molar-refractivity contribution is -0.116. The van der Waals surface area contributed by atoms with Crippen molar-refractivity contribution in [2.24, 2.45) is 0 Å². The molecule has 0 aliphatic rings. The zero-order valence-corrected chi connectivity index (χ0v) is 13.4. The molecule has 0 atom stereocenters. The maximum Gasteiger partial charge on any atom is 0.317 e. The van der Waals surface area contributed by atoms with Crippen LogP contribution in [0.4, 0.5) is 10.6 Å². The summed E-state index contributed by atoms with van der Waals surface area (Å²) in [5.74, 6) is 0.0703. The summed E-state index contributed by atoms with van der Waals surface area (Å²) < 4.78 is 4.66. The van der Waals surface area contributed by atoms with E-state index in [1.165, 1.54) is 6.26 Å². The number of nitrogens with zero attached hydrogens (tertiary/aromatic N) is 2. The number of carbonyl (C=O) groups is 2. The zero-order valence-electron chi connectivity index (χ0n) is 13.4. The van der Waals surface area contributed by atoms with Crippen molar-refractivity contribution < 1.29 is 14.1 Å². The van der Waals surface area contributed by atoms with E-state index in [1.807, 2.05) is 0 Å². The van der Waals surface area contributed by atoms with Gasteiger partial charge in [0.15, 0.2) is 5.82 Å². The van der Waals surface area contributed by atoms with Crippen molar-refractivity contribution in [1.29, 1.82) is 0 Å². The Morgan fingerprint density at radius 2 is 2.00 bits per heavy atom. The van der Waals surface area contributed by atoms with Gasteiger partial charge in [-0.15, -0.1) is 0 Å². The molecule has 0 saturated carbocycles. The summed E-state index contributed by atoms with van der Waals surface area (Å²) in [5.41, 5.74) is 0. The monoisotopic (exact) mass is 310 g/mol. The maximum absolute atomic E-state index is 12.2. The highest BCUT2D eigenvalue weighted by Gasteiger charge is 2.17. The standard InChI is InChI=1S/C15H26N4O3/c1-3-5-7-10-19(15(21)16-9-6-4-2)12-14(20)17-13-8-11-22-18-13/h8,11H,3-7,9-10,12H2,1-2H3,(H,16,21)(H,17,18,20). The number of aromatic nitrogens is 1. The van der Waals surface area contributed by atoms with Crippen LogP contribution in [0, 0.1) is 0 Å². The third-order valence-electron chi connectivity index (χ3n) is 3.17. The van der Waals surface area contributed by atoms with E-state index in [0.717, 1.165) is 32.1 Å². The van der Waals surface area contributed by atoms with Crippen LogP contribution in [0.2, 0.25) is 0 Å². The number of urea groups is 1. The van der Waals surface area contributed by atoms with E-state index in [2.05, 4.69) is 34.2 Å². The quantitative estimate of drug-likeness (QED) is 0.650. The van der Waals surface area contributed by atoms with E-state index in [9.17, 15) is 9.59 Å². The third kappa shape index (κ3) is 7.10. The van der Waals surface area contributed by atoms with Crippen molar-refractivity contribution in [3.8, 4) is 0 Å². The van der Waals surface area contributed by atoms with E-state index in [4.69, 9.17) is 0 Å². The van der Waals surface area contributed by atoms with Crippen LogP contribution in [-0.2, 0) is 4.79 Å². The van der Waals surface area contributed by atoms with Crippen LogP contribution in [0.1, 0.15) is 46.0 Å². The number of amides is 3. The SMILES string of the molecule is CCCCCN(CC(=O)Nc1ccon1)C(=O)NCCCC. The van der Waals surface area contributed by atoms with Crippen molar-refractivity contribution in [2.75, 3.05) is 25.0 Å². The normalized spacial score (nSPS) is 10.3. The highest BCUT2D eigenvalue weighted by atomic mass is 16.5. The van der Waals surface area contributed by atoms with Crippen molar-refractivity contribution in [2.45, 2.75) is 46.0 Å². The number of nitrogens with one attached hydrogen (secondary N) is 2. The molecule has 0 aromatic carbocycles. The molecular formula is C15H26N4O3. The lowest BCUT2D eigenvalue weighted by Crippen LogP contribution is -2.44. The molecule has 7 nitrogen and oxygen atoms in total. The van der Waals surface area contributed by atoms with Crippen LogP contribution in [0.3, 0.4) is 0 Å². The summed E-state index contributed by atoms with van der Waals surface area (Å²) in [6.45, 7) is 5.37. The maximum atomic E-state index is 12.2. The van der Waals surface area contributed by atoms with Gasteiger partial charge in [-0.25, -0.2) is 4.79 Å². The smallest absolute Gasteiger partial charge is 0.317 e. The van der Waals surface area contributed by atoms with Gasteiger partial charge in [0, 0.05) is 19.2 Å². The molecule has 0 bridgehead atoms. The second-order valence-corrected chi connectivity index (χ2v) is 5.15. The number of carbonyl (C=O) groups excluding carboxylic acids is 2. The highest BCUT2D eigenvalue weighted by molar-refractivity contribution is 5.93. The Balaban J connectivity index is 2.48. The molecule has 1 aromatic heterocycles. The average Bonchev–Trinajstić information content (AvgIpc) is 2.99. The van der Waals surface area contributed by atoms with Crippen LogP contribution in [0.15, 0.2) is 16.9 Å². The van der Waals surface area contributed by atoms with Gasteiger partial charge in [-0.3, -0.25) is 4.79 Å². The highest BCUT2D eigenvalue weighted by Crippen LogP contribution is 2.03. The first kappa shape index (κ1) is 18.0. The summed E-state index contributed by atoms with van der Waals surface area (Å²) >= 11 is 0. The van der Waals surface area contributed by atoms with E-state index in [1.54, 1.807) is 11.0 Å². The van der Waals surface area contributed by atoms with E-state index in [0.29, 0.717) is 18.9 Å². The topological polar surface area (TPSA) is 87.5 Å². The fourth-order valence-electron chi connectivity index (χ4n) is 1.92. The lowest BCUT2D eigenvalue weighted by Gasteiger charge is -2.22. The van der Waals surface area contributed by atoms with E-state index >= 15 is 0 Å². The van der Waals surface area contributed by atoms with Crippen LogP contribution in [0.25, 0.3) is 0 Å². The van der Waals surface area contributed by atoms with Gasteiger partial charge >= 0.3 is 6.03 Å². The number of rotatable bonds is 10. The number of hydrogen-bond donors (Lipinski definition) is 2. The van der Waals surface area contributed by atoms with E-state index < -0.39 is 0 Å². The fourth-order valence-corrected chi connectivity index (χ4v) is 1.92. The Labute approximate surface area is 131 Å². The second-order valence-electron chi connectivity index (χ2n) is 5.15. The number of anilines is 1. The summed E-state index contributed by atoms with van der Waals surface area (Å²) in [6, 6.07) is 1.36. The molecule has 0 spiro atoms. The van der Waals surface area contributed by atoms with Crippen LogP contribution in [-0.4, -0.2) is 41.6 Å². The van der Waals surface area contributed by atoms with Gasteiger partial charge in [-0.05, 0) is 12.8 Å². The summed E-state index contributed by atoms with van der Waals surface area (Å²) in [6.07, 6.45) is 6.31. The molecule has 1 aromatic rings. The van der Waals surface area contributed by atoms with E-state index in [-0.39, 0.29) is 18.5 Å². The van der Waals surface area contributed by atoms with Gasteiger partial charge in [-0.1, -0.05) is 38.3 Å². The fraction of sp³-hybridized carbons (Fsp3) is 0.667. The van der Waals surface area contributed by atoms with Gasteiger partial charge in [0.25, 0.3) is 0 Å². The number of unbranched alkanes of at least 4 members (excludes halogenated alkanes) is 3. The predicted octanol–water partition coefficient (Wildman–Crippen LogP) is 2.62. The molecule has 0 saturated heterocycles. The Hall–Kier alpha value is -2.05. The number of hydrogen-bond acceptors (Lipinski definition) is 4. The first-order valence-electron chi connectivity index (χ1n) is 7.90. The zero-order chi connectivity index (χ0) is 16.2. The minimum Gasteiger partial charge on any atom is -0.363 e. The van der Waals surface area contributed by atoms with Crippen molar-refractivity contribution in [1.82, 2.24) is 15.4 Å². The average molecular weight is 310 g/mol. The molecule has 0 aliphatic heterocycles. The Bertz CT molecular complexity index is 434. The molecule has 22 heavy (non-hydrogen) atoms. The Morgan fingerprint density at radius 3 is 2.64 bits per heavy atom. The molecule has 124 valence electrons. The predicted molar refractivity (Wildman–Crippen MR) is 84.5 cm³/mol. The molecule has 2 N–H and O–H groups in total. The third-order valence-corrected chi connectivity index (χ3v) is 3.17. The van der Waals surface area contributed by atoms with Crippen LogP contribution < -0.4 is 10.6 Å². The van der Waals surface area contributed by atoms with Crippen molar-refractivity contribution in [3.63, 3.8) is 0 Å². The summed E-state index contributed by atoms with van der Waals surface area (Å²) in [7, 11) is 0. The van der Waals surface area contributed by atoms with Crippen molar-refractivity contribution >= 4 is 17.8 Å². The van der Waals surface area contributed by atoms with Gasteiger partial charge in [0.2, 0.25) is 5.91 Å². The summed E-state index contributed by atoms with van der Waals surface area (Å²) in [4.78, 5) is 25.7. The van der Waals surface area contributed by atoms with Crippen molar-refractivity contribution in [3.05, 3.63) is 12.3 Å². The first-order chi connectivity index (χ1) is 10.7. The first-order valence-corrected chi connectivity index (χ1v) is 7.90. The molecule has 1 heterocycles. The lowest BCUT2D eigenvalue weighted by atomic mass is 10.2. The second kappa shape index (κ2) is 10.6. The van der Waals surface area contributed by atoms with Gasteiger partial charge in [-0.2, -0.15) is 0 Å². The molecule has 3 amide bonds. The minimum atomic E-state index is -0.281. The van der Waals surface area contributed by atoms with Gasteiger partial charge < -0.3 is 20.1 Å². The Kier molecular flexibility index (Phi) is 8.71. The van der Waals surface area contributed by atoms with Gasteiger partial charge in [0.1, 0.15) is 12.8 Å². The van der Waals surface area contributed by atoms with Crippen LogP contribution >= 0.6 is 0 Å². The van der Waals surface area contributed by atoms with Crippen LogP contribution in [0.5, 0.6) is 0 Å². The molecule has 0 radical (unpaired) electrons. The Morgan fingerprint density at radius 1 is 1.23 bits per heavy atom. The molecular weight excluding hydrogens is 284 g/mol. The van der Waals surface area contributed by atoms with Gasteiger partial charge in [0.05, 0.1) is 0 Å².